The number of rotatable bonds is 4. The van der Waals surface area contributed by atoms with Gasteiger partial charge in [0.05, 0.1) is 12.1 Å². The van der Waals surface area contributed by atoms with E-state index in [9.17, 15) is 9.90 Å². The molecule has 0 spiro atoms. The van der Waals surface area contributed by atoms with Gasteiger partial charge in [-0.1, -0.05) is 26.7 Å². The normalized spacial score (nSPS) is 27.2. The standard InChI is InChI=1S/C14H23N3O2/c1-3-11-15-12(7-13(19)16-11)17-14(9-18)6-4-5-10(2)8-14/h7,10,18H,3-6,8-9H2,1-2H3,(H2,15,16,17,19). The molecule has 5 nitrogen and oxygen atoms in total. The first-order valence-electron chi connectivity index (χ1n) is 7.06. The Kier molecular flexibility index (Phi) is 4.24. The maximum absolute atomic E-state index is 11.6. The summed E-state index contributed by atoms with van der Waals surface area (Å²) >= 11 is 0. The van der Waals surface area contributed by atoms with Gasteiger partial charge in [-0.2, -0.15) is 0 Å². The minimum Gasteiger partial charge on any atom is -0.394 e. The number of anilines is 1. The number of nitrogens with one attached hydrogen (secondary N) is 2. The Morgan fingerprint density at radius 1 is 1.63 bits per heavy atom. The van der Waals surface area contributed by atoms with Crippen molar-refractivity contribution in [2.75, 3.05) is 11.9 Å². The molecule has 0 bridgehead atoms. The molecule has 0 radical (unpaired) electrons. The van der Waals surface area contributed by atoms with E-state index >= 15 is 0 Å². The Morgan fingerprint density at radius 3 is 3.05 bits per heavy atom. The second-order valence-corrected chi connectivity index (χ2v) is 5.70. The van der Waals surface area contributed by atoms with Crippen LogP contribution in [0.25, 0.3) is 0 Å². The molecule has 3 N–H and O–H groups in total. The van der Waals surface area contributed by atoms with E-state index in [4.69, 9.17) is 0 Å². The second kappa shape index (κ2) is 5.74. The first kappa shape index (κ1) is 14.1. The zero-order valence-electron chi connectivity index (χ0n) is 11.7. The fourth-order valence-electron chi connectivity index (χ4n) is 2.97. The summed E-state index contributed by atoms with van der Waals surface area (Å²) in [5.41, 5.74) is -0.477. The van der Waals surface area contributed by atoms with Crippen LogP contribution in [0.2, 0.25) is 0 Å². The molecule has 2 atom stereocenters. The summed E-state index contributed by atoms with van der Waals surface area (Å²) in [6, 6.07) is 1.47. The van der Waals surface area contributed by atoms with E-state index in [-0.39, 0.29) is 17.7 Å². The lowest BCUT2D eigenvalue weighted by Gasteiger charge is -2.39. The molecule has 0 aromatic carbocycles. The van der Waals surface area contributed by atoms with Gasteiger partial charge in [0.15, 0.2) is 0 Å². The zero-order chi connectivity index (χ0) is 13.9. The minimum atomic E-state index is -0.330. The van der Waals surface area contributed by atoms with Crippen LogP contribution in [0.3, 0.4) is 0 Å². The van der Waals surface area contributed by atoms with Crippen LogP contribution in [0.15, 0.2) is 10.9 Å². The zero-order valence-corrected chi connectivity index (χ0v) is 11.7. The molecule has 5 heteroatoms. The van der Waals surface area contributed by atoms with Gasteiger partial charge in [-0.25, -0.2) is 4.98 Å². The van der Waals surface area contributed by atoms with Gasteiger partial charge >= 0.3 is 0 Å². The molecule has 0 saturated heterocycles. The van der Waals surface area contributed by atoms with E-state index in [2.05, 4.69) is 22.2 Å². The number of hydrogen-bond acceptors (Lipinski definition) is 4. The predicted octanol–water partition coefficient (Wildman–Crippen LogP) is 1.69. The number of nitrogens with zero attached hydrogens (tertiary/aromatic N) is 1. The summed E-state index contributed by atoms with van der Waals surface area (Å²) in [5.74, 6) is 1.83. The molecular formula is C14H23N3O2. The first-order valence-corrected chi connectivity index (χ1v) is 7.06. The summed E-state index contributed by atoms with van der Waals surface area (Å²) in [7, 11) is 0. The highest BCUT2D eigenvalue weighted by Gasteiger charge is 2.34. The number of aliphatic hydroxyl groups is 1. The monoisotopic (exact) mass is 265 g/mol. The van der Waals surface area contributed by atoms with Gasteiger partial charge in [0.1, 0.15) is 11.6 Å². The van der Waals surface area contributed by atoms with Crippen molar-refractivity contribution in [3.05, 3.63) is 22.2 Å². The van der Waals surface area contributed by atoms with Gasteiger partial charge in [-0.15, -0.1) is 0 Å². The highest BCUT2D eigenvalue weighted by atomic mass is 16.3. The molecule has 1 saturated carbocycles. The molecule has 0 aliphatic heterocycles. The Hall–Kier alpha value is -1.36. The molecule has 1 aliphatic rings. The largest absolute Gasteiger partial charge is 0.394 e. The number of hydrogen-bond donors (Lipinski definition) is 3. The molecular weight excluding hydrogens is 242 g/mol. The number of H-pyrrole nitrogens is 1. The van der Waals surface area contributed by atoms with Crippen LogP contribution < -0.4 is 10.9 Å². The van der Waals surface area contributed by atoms with Gasteiger partial charge in [-0.3, -0.25) is 4.79 Å². The molecule has 2 rings (SSSR count). The lowest BCUT2D eigenvalue weighted by molar-refractivity contribution is 0.149. The van der Waals surface area contributed by atoms with Crippen molar-refractivity contribution in [2.45, 2.75) is 51.5 Å². The maximum Gasteiger partial charge on any atom is 0.252 e. The molecule has 1 fully saturated rings. The van der Waals surface area contributed by atoms with Crippen molar-refractivity contribution >= 4 is 5.82 Å². The Morgan fingerprint density at radius 2 is 2.42 bits per heavy atom. The summed E-state index contributed by atoms with van der Waals surface area (Å²) in [6.07, 6.45) is 4.82. The van der Waals surface area contributed by atoms with Crippen molar-refractivity contribution < 1.29 is 5.11 Å². The Bertz CT molecular complexity index is 486. The number of aromatic nitrogens is 2. The third-order valence-corrected chi connectivity index (χ3v) is 3.91. The number of aliphatic hydroxyl groups excluding tert-OH is 1. The van der Waals surface area contributed by atoms with E-state index < -0.39 is 0 Å². The van der Waals surface area contributed by atoms with Gasteiger partial charge in [0.2, 0.25) is 0 Å². The van der Waals surface area contributed by atoms with Crippen LogP contribution in [0.4, 0.5) is 5.82 Å². The molecule has 19 heavy (non-hydrogen) atoms. The van der Waals surface area contributed by atoms with E-state index in [0.29, 0.717) is 24.0 Å². The Labute approximate surface area is 113 Å². The third-order valence-electron chi connectivity index (χ3n) is 3.91. The predicted molar refractivity (Wildman–Crippen MR) is 75.3 cm³/mol. The van der Waals surface area contributed by atoms with Crippen LogP contribution in [0.1, 0.15) is 45.4 Å². The molecule has 1 heterocycles. The third kappa shape index (κ3) is 3.35. The van der Waals surface area contributed by atoms with E-state index in [1.165, 1.54) is 12.5 Å². The molecule has 0 amide bonds. The molecule has 1 aromatic heterocycles. The Balaban J connectivity index is 2.22. The van der Waals surface area contributed by atoms with E-state index in [0.717, 1.165) is 19.3 Å². The van der Waals surface area contributed by atoms with Crippen molar-refractivity contribution in [2.24, 2.45) is 5.92 Å². The summed E-state index contributed by atoms with van der Waals surface area (Å²) in [4.78, 5) is 18.7. The van der Waals surface area contributed by atoms with Gasteiger partial charge < -0.3 is 15.4 Å². The summed E-state index contributed by atoms with van der Waals surface area (Å²) in [5, 5.41) is 13.0. The minimum absolute atomic E-state index is 0.0767. The molecule has 1 aliphatic carbocycles. The van der Waals surface area contributed by atoms with Gasteiger partial charge in [-0.05, 0) is 18.8 Å². The average molecular weight is 265 g/mol. The summed E-state index contributed by atoms with van der Waals surface area (Å²) < 4.78 is 0. The molecule has 106 valence electrons. The lowest BCUT2D eigenvalue weighted by atomic mass is 9.77. The fourth-order valence-corrected chi connectivity index (χ4v) is 2.97. The van der Waals surface area contributed by atoms with Crippen molar-refractivity contribution in [1.29, 1.82) is 0 Å². The van der Waals surface area contributed by atoms with Crippen LogP contribution in [0, 0.1) is 5.92 Å². The topological polar surface area (TPSA) is 78.0 Å². The highest BCUT2D eigenvalue weighted by Crippen LogP contribution is 2.34. The van der Waals surface area contributed by atoms with Gasteiger partial charge in [0.25, 0.3) is 5.56 Å². The van der Waals surface area contributed by atoms with Crippen LogP contribution in [-0.2, 0) is 6.42 Å². The highest BCUT2D eigenvalue weighted by molar-refractivity contribution is 5.37. The fraction of sp³-hybridized carbons (Fsp3) is 0.714. The number of aryl methyl sites for hydroxylation is 1. The van der Waals surface area contributed by atoms with Crippen molar-refractivity contribution in [3.63, 3.8) is 0 Å². The van der Waals surface area contributed by atoms with E-state index in [1.54, 1.807) is 0 Å². The smallest absolute Gasteiger partial charge is 0.252 e. The van der Waals surface area contributed by atoms with Crippen molar-refractivity contribution in [3.8, 4) is 0 Å². The lowest BCUT2D eigenvalue weighted by Crippen LogP contribution is -2.46. The second-order valence-electron chi connectivity index (χ2n) is 5.70. The van der Waals surface area contributed by atoms with Crippen molar-refractivity contribution in [1.82, 2.24) is 9.97 Å². The first-order chi connectivity index (χ1) is 9.07. The van der Waals surface area contributed by atoms with Crippen LogP contribution in [0.5, 0.6) is 0 Å². The summed E-state index contributed by atoms with van der Waals surface area (Å²) in [6.45, 7) is 4.23. The van der Waals surface area contributed by atoms with Crippen LogP contribution in [-0.4, -0.2) is 27.2 Å². The average Bonchev–Trinajstić information content (AvgIpc) is 2.38. The molecule has 1 aromatic rings. The SMILES string of the molecule is CCc1nc(NC2(CO)CCCC(C)C2)cc(=O)[nH]1. The van der Waals surface area contributed by atoms with Crippen LogP contribution >= 0.6 is 0 Å². The number of aromatic amines is 1. The maximum atomic E-state index is 11.6. The van der Waals surface area contributed by atoms with Gasteiger partial charge in [0, 0.05) is 12.5 Å². The van der Waals surface area contributed by atoms with E-state index in [1.807, 2.05) is 6.92 Å². The quantitative estimate of drug-likeness (QED) is 0.774. The molecule has 2 unspecified atom stereocenters.